The number of hydrogen-bond donors (Lipinski definition) is 0. The largest absolute Gasteiger partial charge is 0.461 e. The van der Waals surface area contributed by atoms with Crippen molar-refractivity contribution in [3.63, 3.8) is 0 Å². The fourth-order valence-corrected chi connectivity index (χ4v) is 18.1. The second kappa shape index (κ2) is 41.4. The molecule has 1 aliphatic rings. The summed E-state index contributed by atoms with van der Waals surface area (Å²) >= 11 is 9.44. The molecule has 0 saturated heterocycles. The molecule has 0 radical (unpaired) electrons. The normalized spacial score (nSPS) is 13.8. The number of carbonyl (C=O) groups is 6. The third-order valence-electron chi connectivity index (χ3n) is 17.7. The van der Waals surface area contributed by atoms with Crippen LogP contribution in [0.5, 0.6) is 0 Å². The molecule has 1 saturated carbocycles. The Hall–Kier alpha value is -7.71. The van der Waals surface area contributed by atoms with Crippen molar-refractivity contribution in [2.75, 3.05) is 39.6 Å². The van der Waals surface area contributed by atoms with Crippen LogP contribution in [0, 0.1) is 0 Å². The Morgan fingerprint density at radius 3 is 0.750 bits per heavy atom. The lowest BCUT2D eigenvalue weighted by atomic mass is 9.84. The third kappa shape index (κ3) is 26.0. The molecule has 1 aliphatic carbocycles. The van der Waals surface area contributed by atoms with E-state index in [2.05, 4.69) is 244 Å². The van der Waals surface area contributed by atoms with Gasteiger partial charge in [-0.25, -0.2) is 14.4 Å². The highest BCUT2D eigenvalue weighted by atomic mass is 79.9. The second-order valence-corrected chi connectivity index (χ2v) is 39.3. The van der Waals surface area contributed by atoms with Gasteiger partial charge in [0.15, 0.2) is 44.1 Å². The van der Waals surface area contributed by atoms with E-state index < -0.39 is 22.7 Å². The van der Waals surface area contributed by atoms with E-state index in [9.17, 15) is 28.8 Å². The molecule has 5 unspecified atom stereocenters. The third-order valence-corrected chi connectivity index (χ3v) is 25.5. The first-order valence-corrected chi connectivity index (χ1v) is 42.9. The van der Waals surface area contributed by atoms with Crippen LogP contribution in [-0.2, 0) is 91.7 Å². The van der Waals surface area contributed by atoms with Crippen LogP contribution in [0.1, 0.15) is 174 Å². The van der Waals surface area contributed by atoms with E-state index in [1.165, 1.54) is 83.7 Å². The van der Waals surface area contributed by atoms with Gasteiger partial charge < -0.3 is 28.4 Å². The Kier molecular flexibility index (Phi) is 32.9. The van der Waals surface area contributed by atoms with Gasteiger partial charge in [-0.2, -0.15) is 0 Å². The van der Waals surface area contributed by atoms with Gasteiger partial charge >= 0.3 is 35.8 Å². The Morgan fingerprint density at radius 2 is 0.519 bits per heavy atom. The van der Waals surface area contributed by atoms with E-state index in [1.54, 1.807) is 45.0 Å². The van der Waals surface area contributed by atoms with Gasteiger partial charge in [0.05, 0.1) is 49.4 Å². The summed E-state index contributed by atoms with van der Waals surface area (Å²) < 4.78 is 30.9. The number of ether oxygens (including phenoxy) is 6. The maximum absolute atomic E-state index is 12.5. The van der Waals surface area contributed by atoms with Gasteiger partial charge in [-0.15, -0.1) is 0 Å². The van der Waals surface area contributed by atoms with E-state index >= 15 is 0 Å². The molecule has 0 bridgehead atoms. The lowest BCUT2D eigenvalue weighted by Crippen LogP contribution is -2.18. The predicted octanol–water partition coefficient (Wildman–Crippen LogP) is 21.7. The van der Waals surface area contributed by atoms with Crippen molar-refractivity contribution in [3.8, 4) is 0 Å². The molecule has 9 aromatic carbocycles. The van der Waals surface area contributed by atoms with Crippen molar-refractivity contribution >= 4 is 116 Å². The average molecular weight is 1710 g/mol. The molecule has 568 valence electrons. The van der Waals surface area contributed by atoms with Gasteiger partial charge in [0.2, 0.25) is 0 Å². The van der Waals surface area contributed by atoms with Crippen LogP contribution in [0.2, 0.25) is 0 Å². The number of rotatable bonds is 25. The van der Waals surface area contributed by atoms with Crippen molar-refractivity contribution in [3.05, 3.63) is 269 Å². The van der Waals surface area contributed by atoms with Gasteiger partial charge in [-0.05, 0) is 224 Å². The zero-order chi connectivity index (χ0) is 78.1. The fraction of sp³-hybridized carbons (Fsp3) is 0.333. The molecule has 5 atom stereocenters. The van der Waals surface area contributed by atoms with Gasteiger partial charge in [-0.1, -0.05) is 214 Å². The van der Waals surface area contributed by atoms with Crippen LogP contribution in [-0.4, -0.2) is 89.9 Å². The summed E-state index contributed by atoms with van der Waals surface area (Å²) in [7, 11) is -0.919. The molecule has 1 fully saturated rings. The van der Waals surface area contributed by atoms with E-state index in [0.717, 1.165) is 14.7 Å². The Morgan fingerprint density at radius 1 is 0.306 bits per heavy atom. The molecule has 9 aromatic rings. The quantitative estimate of drug-likeness (QED) is 0.0176. The summed E-state index contributed by atoms with van der Waals surface area (Å²) in [5, 5.41) is 0. The van der Waals surface area contributed by atoms with Gasteiger partial charge in [0.25, 0.3) is 0 Å². The topological polar surface area (TPSA) is 158 Å². The number of alkyl halides is 3. The molecule has 18 heteroatoms. The maximum atomic E-state index is 12.5. The number of esters is 6. The van der Waals surface area contributed by atoms with E-state index in [1.807, 2.05) is 72.8 Å². The zero-order valence-corrected chi connectivity index (χ0v) is 71.0. The maximum Gasteiger partial charge on any atom is 0.338 e. The molecular weight excluding hydrogens is 1610 g/mol. The minimum absolute atomic E-state index is 0.0106. The van der Waals surface area contributed by atoms with Crippen molar-refractivity contribution in [1.29, 1.82) is 0 Å². The van der Waals surface area contributed by atoms with Crippen LogP contribution < -0.4 is 0 Å². The number of carbonyl (C=O) groups excluding carboxylic acids is 6. The average Bonchev–Trinajstić information content (AvgIpc) is 0.797. The minimum atomic E-state index is -0.441. The highest BCUT2D eigenvalue weighted by molar-refractivity contribution is 9.10. The van der Waals surface area contributed by atoms with E-state index in [4.69, 9.17) is 28.4 Å². The summed E-state index contributed by atoms with van der Waals surface area (Å²) in [6, 6.07) is 79.4. The zero-order valence-electron chi connectivity index (χ0n) is 63.8. The van der Waals surface area contributed by atoms with Crippen LogP contribution >= 0.6 is 47.8 Å². The molecule has 0 heterocycles. The summed E-state index contributed by atoms with van der Waals surface area (Å²) in [6.45, 7) is 25.1. The molecule has 0 amide bonds. The first-order chi connectivity index (χ1) is 51.5. The standard InChI is InChI=1S/C32H38BrO4S.C30H32BrO4S.C28H30BrO4S/c1-22(33)29(34)36-20-21-37-30(35)23-8-14-26(15-9-23)38(27-16-10-24(11-17-27)31(2,3)4)28-18-12-25(13-19-28)32(5,6)7;1-22(31)29(32)34-20-21-35-30(33)25-14-18-28(19-15-25)36(26-10-6-3-7-11-26)27-16-12-24(13-17-27)23-8-4-2-5-9-23;1-20(29)26(30)32-18-19-33-27(31)21-10-14-24(15-11-21)34(23-8-6-5-7-9-23)25-16-12-22(13-17-25)28(2,3)4/h8-19,22H,20-21H2,1-7H3;3,6-7,10-19,22-23H,2,4-5,8-9,20-21H2,1H3;5-17,20H,18-19H2,1-4H3/q3*+1. The van der Waals surface area contributed by atoms with Crippen LogP contribution in [0.15, 0.2) is 275 Å². The van der Waals surface area contributed by atoms with E-state index in [0.29, 0.717) is 22.6 Å². The minimum Gasteiger partial charge on any atom is -0.461 e. The Bertz CT molecular complexity index is 4270. The number of hydrogen-bond acceptors (Lipinski definition) is 12. The van der Waals surface area contributed by atoms with Crippen LogP contribution in [0.4, 0.5) is 0 Å². The smallest absolute Gasteiger partial charge is 0.338 e. The summed E-state index contributed by atoms with van der Waals surface area (Å²) in [4.78, 5) is 81.4. The molecule has 12 nitrogen and oxygen atoms in total. The van der Waals surface area contributed by atoms with Crippen LogP contribution in [0.25, 0.3) is 0 Å². The molecule has 0 aliphatic heterocycles. The lowest BCUT2D eigenvalue weighted by molar-refractivity contribution is -0.144. The monoisotopic (exact) mass is 1710 g/mol. The molecule has 0 N–H and O–H groups in total. The van der Waals surface area contributed by atoms with Gasteiger partial charge in [0.1, 0.15) is 54.1 Å². The Labute approximate surface area is 673 Å². The highest BCUT2D eigenvalue weighted by Crippen LogP contribution is 2.39. The van der Waals surface area contributed by atoms with Crippen molar-refractivity contribution in [2.24, 2.45) is 0 Å². The number of benzene rings is 9. The summed E-state index contributed by atoms with van der Waals surface area (Å²) in [6.07, 6.45) is 6.60. The first kappa shape index (κ1) is 85.9. The summed E-state index contributed by atoms with van der Waals surface area (Å²) in [5.41, 5.74) is 6.99. The molecule has 108 heavy (non-hydrogen) atoms. The molecular formula is C90H100Br3O12S3+3. The Balaban J connectivity index is 0.000000204. The van der Waals surface area contributed by atoms with Gasteiger partial charge in [0, 0.05) is 0 Å². The highest BCUT2D eigenvalue weighted by Gasteiger charge is 2.34. The lowest BCUT2D eigenvalue weighted by Gasteiger charge is -2.22. The fourth-order valence-electron chi connectivity index (χ4n) is 11.5. The van der Waals surface area contributed by atoms with Crippen molar-refractivity contribution < 1.29 is 57.2 Å². The van der Waals surface area contributed by atoms with Crippen molar-refractivity contribution in [1.82, 2.24) is 0 Å². The van der Waals surface area contributed by atoms with Gasteiger partial charge in [-0.3, -0.25) is 14.4 Å². The second-order valence-electron chi connectivity index (χ2n) is 29.1. The molecule has 10 rings (SSSR count). The molecule has 0 aromatic heterocycles. The summed E-state index contributed by atoms with van der Waals surface area (Å²) in [5.74, 6) is -1.78. The first-order valence-electron chi connectivity index (χ1n) is 36.4. The van der Waals surface area contributed by atoms with Crippen molar-refractivity contribution in [2.45, 2.75) is 196 Å². The SMILES string of the molecule is CC(Br)C(=O)OCCOC(=O)c1ccc([S+](c2ccc(C(C)(C)C)cc2)c2ccc(C(C)(C)C)cc2)cc1.CC(Br)C(=O)OCCOC(=O)c1ccc([S+](c2ccccc2)c2ccc(C(C)(C)C)cc2)cc1.CC(Br)C(=O)OCCOC(=O)c1ccc([S+](c2ccccc2)c2ccc(C3CCCCC3)cc2)cc1. The predicted molar refractivity (Wildman–Crippen MR) is 445 cm³/mol. The number of halogens is 3. The van der Waals surface area contributed by atoms with E-state index in [-0.39, 0.29) is 116 Å². The van der Waals surface area contributed by atoms with Crippen LogP contribution in [0.3, 0.4) is 0 Å². The molecule has 0 spiro atoms.